The molecule has 0 unspecified atom stereocenters. The van der Waals surface area contributed by atoms with Crippen LogP contribution in [0, 0.1) is 0 Å². The third kappa shape index (κ3) is 3.27. The number of aromatic nitrogens is 3. The fourth-order valence-corrected chi connectivity index (χ4v) is 4.95. The molecule has 27 heavy (non-hydrogen) atoms. The van der Waals surface area contributed by atoms with Gasteiger partial charge >= 0.3 is 0 Å². The van der Waals surface area contributed by atoms with Gasteiger partial charge in [-0.2, -0.15) is 0 Å². The summed E-state index contributed by atoms with van der Waals surface area (Å²) in [6, 6.07) is 13.5. The molecular weight excluding hydrogens is 360 g/mol. The van der Waals surface area contributed by atoms with E-state index in [1.165, 1.54) is 11.8 Å². The van der Waals surface area contributed by atoms with Crippen molar-refractivity contribution in [2.24, 2.45) is 7.05 Å². The van der Waals surface area contributed by atoms with Gasteiger partial charge in [0.25, 0.3) is 0 Å². The molecule has 0 N–H and O–H groups in total. The Morgan fingerprint density at radius 1 is 1.15 bits per heavy atom. The van der Waals surface area contributed by atoms with Gasteiger partial charge in [-0.15, -0.1) is 10.2 Å². The molecule has 6 nitrogen and oxygen atoms in total. The van der Waals surface area contributed by atoms with Crippen molar-refractivity contribution in [3.8, 4) is 11.6 Å². The van der Waals surface area contributed by atoms with Crippen LogP contribution in [0.1, 0.15) is 25.7 Å². The average molecular weight is 382 g/mol. The number of hydrogen-bond acceptors (Lipinski definition) is 5. The van der Waals surface area contributed by atoms with Crippen LogP contribution in [0.25, 0.3) is 11.6 Å². The largest absolute Gasteiger partial charge is 0.461 e. The maximum absolute atomic E-state index is 13.4. The van der Waals surface area contributed by atoms with Crippen LogP contribution in [0.2, 0.25) is 0 Å². The summed E-state index contributed by atoms with van der Waals surface area (Å²) in [7, 11) is 3.76. The molecule has 1 fully saturated rings. The minimum Gasteiger partial charge on any atom is -0.461 e. The highest BCUT2D eigenvalue weighted by Crippen LogP contribution is 2.46. The lowest BCUT2D eigenvalue weighted by molar-refractivity contribution is -0.120. The molecule has 4 rings (SSSR count). The second-order valence-electron chi connectivity index (χ2n) is 6.85. The first-order chi connectivity index (χ1) is 13.1. The molecule has 1 saturated carbocycles. The van der Waals surface area contributed by atoms with Crippen LogP contribution in [0.5, 0.6) is 0 Å². The summed E-state index contributed by atoms with van der Waals surface area (Å²) in [5.74, 6) is 1.46. The summed E-state index contributed by atoms with van der Waals surface area (Å²) in [4.78, 5) is 15.2. The molecule has 140 valence electrons. The quantitative estimate of drug-likeness (QED) is 0.663. The predicted octanol–water partition coefficient (Wildman–Crippen LogP) is 4.14. The predicted molar refractivity (Wildman–Crippen MR) is 106 cm³/mol. The first-order valence-corrected chi connectivity index (χ1v) is 9.88. The van der Waals surface area contributed by atoms with Crippen LogP contribution in [-0.4, -0.2) is 32.5 Å². The Labute approximate surface area is 162 Å². The summed E-state index contributed by atoms with van der Waals surface area (Å²) in [6.07, 6.45) is 5.40. The van der Waals surface area contributed by atoms with Crippen molar-refractivity contribution >= 4 is 23.4 Å². The molecular formula is C20H22N4O2S. The summed E-state index contributed by atoms with van der Waals surface area (Å²) in [5.41, 5.74) is 0.906. The van der Waals surface area contributed by atoms with Gasteiger partial charge in [-0.25, -0.2) is 0 Å². The van der Waals surface area contributed by atoms with Gasteiger partial charge in [0, 0.05) is 19.8 Å². The number of anilines is 1. The fraction of sp³-hybridized carbons (Fsp3) is 0.350. The van der Waals surface area contributed by atoms with Crippen molar-refractivity contribution in [3.63, 3.8) is 0 Å². The molecule has 0 saturated heterocycles. The summed E-state index contributed by atoms with van der Waals surface area (Å²) in [6.45, 7) is 0. The third-order valence-electron chi connectivity index (χ3n) is 5.11. The molecule has 0 radical (unpaired) electrons. The van der Waals surface area contributed by atoms with Crippen molar-refractivity contribution in [2.75, 3.05) is 11.9 Å². The Morgan fingerprint density at radius 2 is 1.89 bits per heavy atom. The van der Waals surface area contributed by atoms with E-state index < -0.39 is 4.75 Å². The molecule has 0 aliphatic heterocycles. The molecule has 2 aromatic heterocycles. The van der Waals surface area contributed by atoms with Gasteiger partial charge in [0.2, 0.25) is 5.91 Å². The zero-order valence-corrected chi connectivity index (χ0v) is 16.3. The van der Waals surface area contributed by atoms with Crippen LogP contribution in [0.4, 0.5) is 5.69 Å². The highest BCUT2D eigenvalue weighted by Gasteiger charge is 2.45. The number of amides is 1. The van der Waals surface area contributed by atoms with Crippen LogP contribution in [0.3, 0.4) is 0 Å². The van der Waals surface area contributed by atoms with Crippen LogP contribution < -0.4 is 4.90 Å². The molecule has 1 aliphatic rings. The van der Waals surface area contributed by atoms with Crippen molar-refractivity contribution in [2.45, 2.75) is 35.6 Å². The van der Waals surface area contributed by atoms with Gasteiger partial charge in [0.05, 0.1) is 6.26 Å². The Balaban J connectivity index is 1.62. The summed E-state index contributed by atoms with van der Waals surface area (Å²) in [5, 5.41) is 9.34. The van der Waals surface area contributed by atoms with Crippen molar-refractivity contribution in [3.05, 3.63) is 48.7 Å². The van der Waals surface area contributed by atoms with Gasteiger partial charge in [-0.05, 0) is 37.1 Å². The number of hydrogen-bond donors (Lipinski definition) is 0. The van der Waals surface area contributed by atoms with E-state index in [2.05, 4.69) is 10.2 Å². The molecule has 0 bridgehead atoms. The lowest BCUT2D eigenvalue weighted by Crippen LogP contribution is -2.43. The van der Waals surface area contributed by atoms with Crippen LogP contribution in [-0.2, 0) is 11.8 Å². The van der Waals surface area contributed by atoms with Crippen LogP contribution in [0.15, 0.2) is 58.3 Å². The number of thioether (sulfide) groups is 1. The van der Waals surface area contributed by atoms with E-state index in [4.69, 9.17) is 4.42 Å². The zero-order chi connectivity index (χ0) is 18.9. The van der Waals surface area contributed by atoms with Gasteiger partial charge in [-0.3, -0.25) is 4.79 Å². The van der Waals surface area contributed by atoms with Crippen molar-refractivity contribution < 1.29 is 9.21 Å². The number of furan rings is 1. The highest BCUT2D eigenvalue weighted by atomic mass is 32.2. The lowest BCUT2D eigenvalue weighted by Gasteiger charge is -2.31. The number of benzene rings is 1. The van der Waals surface area contributed by atoms with E-state index in [0.29, 0.717) is 11.6 Å². The molecule has 7 heteroatoms. The van der Waals surface area contributed by atoms with Crippen molar-refractivity contribution in [1.29, 1.82) is 0 Å². The Morgan fingerprint density at radius 3 is 2.56 bits per heavy atom. The SMILES string of the molecule is CN(C(=O)C1(Sc2nnc(-c3ccco3)n2C)CCCC1)c1ccccc1. The highest BCUT2D eigenvalue weighted by molar-refractivity contribution is 8.01. The molecule has 0 atom stereocenters. The normalized spacial score (nSPS) is 15.8. The first kappa shape index (κ1) is 17.9. The van der Waals surface area contributed by atoms with Gasteiger partial charge in [-0.1, -0.05) is 42.8 Å². The molecule has 3 aromatic rings. The number of nitrogens with zero attached hydrogens (tertiary/aromatic N) is 4. The minimum atomic E-state index is -0.508. The smallest absolute Gasteiger partial charge is 0.243 e. The molecule has 2 heterocycles. The van der Waals surface area contributed by atoms with Gasteiger partial charge in [0.15, 0.2) is 16.7 Å². The minimum absolute atomic E-state index is 0.124. The molecule has 1 aliphatic carbocycles. The number of carbonyl (C=O) groups is 1. The van der Waals surface area contributed by atoms with E-state index in [-0.39, 0.29) is 5.91 Å². The van der Waals surface area contributed by atoms with E-state index in [1.54, 1.807) is 11.2 Å². The summed E-state index contributed by atoms with van der Waals surface area (Å²) < 4.78 is 6.84. The molecule has 1 aromatic carbocycles. The average Bonchev–Trinajstić information content (AvgIpc) is 3.45. The number of carbonyl (C=O) groups excluding carboxylic acids is 1. The Kier molecular flexibility index (Phi) is 4.78. The van der Waals surface area contributed by atoms with Crippen molar-refractivity contribution in [1.82, 2.24) is 14.8 Å². The third-order valence-corrected chi connectivity index (χ3v) is 6.62. The topological polar surface area (TPSA) is 64.2 Å². The standard InChI is InChI=1S/C20H22N4O2S/c1-23(15-9-4-3-5-10-15)18(25)20(12-6-7-13-20)27-19-22-21-17(24(19)2)16-11-8-14-26-16/h3-5,8-11,14H,6-7,12-13H2,1-2H3. The molecule has 0 spiro atoms. The summed E-state index contributed by atoms with van der Waals surface area (Å²) >= 11 is 1.53. The number of para-hydroxylation sites is 1. The maximum Gasteiger partial charge on any atom is 0.243 e. The van der Waals surface area contributed by atoms with Gasteiger partial charge in [0.1, 0.15) is 4.75 Å². The van der Waals surface area contributed by atoms with E-state index in [0.717, 1.165) is 36.5 Å². The molecule has 1 amide bonds. The first-order valence-electron chi connectivity index (χ1n) is 9.06. The Bertz CT molecular complexity index is 915. The zero-order valence-electron chi connectivity index (χ0n) is 15.5. The second kappa shape index (κ2) is 7.23. The lowest BCUT2D eigenvalue weighted by atomic mass is 10.1. The van der Waals surface area contributed by atoms with E-state index in [1.807, 2.05) is 61.1 Å². The van der Waals surface area contributed by atoms with Crippen LogP contribution >= 0.6 is 11.8 Å². The fourth-order valence-electron chi connectivity index (χ4n) is 3.58. The van der Waals surface area contributed by atoms with E-state index in [9.17, 15) is 4.79 Å². The number of rotatable bonds is 5. The van der Waals surface area contributed by atoms with E-state index >= 15 is 0 Å². The monoisotopic (exact) mass is 382 g/mol. The van der Waals surface area contributed by atoms with Gasteiger partial charge < -0.3 is 13.9 Å². The maximum atomic E-state index is 13.4. The Hall–Kier alpha value is -2.54. The second-order valence-corrected chi connectivity index (χ2v) is 8.20.